The summed E-state index contributed by atoms with van der Waals surface area (Å²) in [5, 5.41) is 0. The van der Waals surface area contributed by atoms with Crippen LogP contribution in [0.25, 0.3) is 0 Å². The van der Waals surface area contributed by atoms with E-state index < -0.39 is 16.3 Å². The van der Waals surface area contributed by atoms with E-state index in [0.717, 1.165) is 5.56 Å². The van der Waals surface area contributed by atoms with E-state index in [1.807, 2.05) is 49.9 Å². The fourth-order valence-corrected chi connectivity index (χ4v) is 6.43. The number of hydrogen-bond donors (Lipinski definition) is 0. The maximum Gasteiger partial charge on any atom is 0.333 e. The predicted octanol–water partition coefficient (Wildman–Crippen LogP) is 1.08. The summed E-state index contributed by atoms with van der Waals surface area (Å²) in [6, 6.07) is 6.60. The van der Waals surface area contributed by atoms with Gasteiger partial charge >= 0.3 is 6.03 Å². The molecule has 3 aliphatic heterocycles. The van der Waals surface area contributed by atoms with Gasteiger partial charge < -0.3 is 4.74 Å². The number of rotatable bonds is 5. The Morgan fingerprint density at radius 3 is 2.06 bits per heavy atom. The molecule has 3 saturated heterocycles. The molecule has 0 bridgehead atoms. The summed E-state index contributed by atoms with van der Waals surface area (Å²) in [7, 11) is -3.58. The number of imide groups is 1. The van der Waals surface area contributed by atoms with E-state index in [4.69, 9.17) is 4.74 Å². The van der Waals surface area contributed by atoms with Crippen molar-refractivity contribution in [2.75, 3.05) is 50.8 Å². The van der Waals surface area contributed by atoms with Crippen LogP contribution in [0.5, 0.6) is 0 Å². The van der Waals surface area contributed by atoms with Crippen molar-refractivity contribution in [3.8, 4) is 0 Å². The lowest BCUT2D eigenvalue weighted by Gasteiger charge is -2.40. The van der Waals surface area contributed by atoms with Gasteiger partial charge in [0.1, 0.15) is 6.04 Å². The van der Waals surface area contributed by atoms with Crippen LogP contribution in [-0.2, 0) is 19.7 Å². The molecule has 3 aliphatic rings. The maximum atomic E-state index is 13.1. The van der Waals surface area contributed by atoms with E-state index in [1.165, 1.54) is 18.4 Å². The smallest absolute Gasteiger partial charge is 0.333 e. The average Bonchev–Trinajstić information content (AvgIpc) is 2.97. The Labute approximate surface area is 195 Å². The van der Waals surface area contributed by atoms with E-state index in [2.05, 4.69) is 0 Å². The Balaban J connectivity index is 1.37. The highest BCUT2D eigenvalue weighted by Crippen LogP contribution is 2.27. The zero-order valence-corrected chi connectivity index (χ0v) is 20.5. The van der Waals surface area contributed by atoms with E-state index >= 15 is 0 Å². The van der Waals surface area contributed by atoms with Crippen molar-refractivity contribution in [1.82, 2.24) is 18.4 Å². The van der Waals surface area contributed by atoms with Gasteiger partial charge in [0, 0.05) is 45.0 Å². The van der Waals surface area contributed by atoms with Crippen LogP contribution in [0.15, 0.2) is 24.3 Å². The van der Waals surface area contributed by atoms with Gasteiger partial charge in [-0.1, -0.05) is 17.7 Å². The summed E-state index contributed by atoms with van der Waals surface area (Å²) in [6.45, 7) is 9.82. The summed E-state index contributed by atoms with van der Waals surface area (Å²) < 4.78 is 34.9. The van der Waals surface area contributed by atoms with Gasteiger partial charge in [-0.3, -0.25) is 14.6 Å². The fourth-order valence-electron chi connectivity index (χ4n) is 4.68. The number of anilines is 1. The Morgan fingerprint density at radius 1 is 0.909 bits per heavy atom. The molecule has 0 aliphatic carbocycles. The third-order valence-corrected chi connectivity index (χ3v) is 8.44. The van der Waals surface area contributed by atoms with E-state index in [9.17, 15) is 18.0 Å². The minimum Gasteiger partial charge on any atom is -0.373 e. The second kappa shape index (κ2) is 9.30. The molecule has 10 nitrogen and oxygen atoms in total. The molecule has 3 heterocycles. The normalized spacial score (nSPS) is 28.7. The first kappa shape index (κ1) is 24.1. The zero-order valence-electron chi connectivity index (χ0n) is 19.7. The van der Waals surface area contributed by atoms with Crippen molar-refractivity contribution in [1.29, 1.82) is 0 Å². The van der Waals surface area contributed by atoms with Crippen molar-refractivity contribution in [2.24, 2.45) is 0 Å². The maximum absolute atomic E-state index is 13.1. The first-order valence-electron chi connectivity index (χ1n) is 11.4. The summed E-state index contributed by atoms with van der Waals surface area (Å²) in [4.78, 5) is 30.6. The lowest BCUT2D eigenvalue weighted by Crippen LogP contribution is -2.58. The monoisotopic (exact) mass is 479 g/mol. The first-order chi connectivity index (χ1) is 15.6. The van der Waals surface area contributed by atoms with E-state index in [-0.39, 0.29) is 30.8 Å². The molecular formula is C22H33N5O5S. The molecule has 0 radical (unpaired) electrons. The molecule has 0 aromatic heterocycles. The summed E-state index contributed by atoms with van der Waals surface area (Å²) in [6.07, 6.45) is -0.286. The number of carbonyl (C=O) groups is 2. The van der Waals surface area contributed by atoms with Crippen LogP contribution in [0, 0.1) is 6.92 Å². The van der Waals surface area contributed by atoms with Crippen LogP contribution in [-0.4, -0.2) is 103 Å². The van der Waals surface area contributed by atoms with Crippen molar-refractivity contribution in [3.63, 3.8) is 0 Å². The van der Waals surface area contributed by atoms with Gasteiger partial charge in [0.2, 0.25) is 0 Å². The molecule has 3 amide bonds. The fraction of sp³-hybridized carbons (Fsp3) is 0.636. The molecule has 33 heavy (non-hydrogen) atoms. The second-order valence-electron chi connectivity index (χ2n) is 9.17. The van der Waals surface area contributed by atoms with Gasteiger partial charge in [-0.05, 0) is 39.8 Å². The highest BCUT2D eigenvalue weighted by molar-refractivity contribution is 7.86. The number of carbonyl (C=O) groups excluding carboxylic acids is 2. The van der Waals surface area contributed by atoms with Gasteiger partial charge in [-0.2, -0.15) is 17.0 Å². The number of benzene rings is 1. The van der Waals surface area contributed by atoms with Crippen LogP contribution >= 0.6 is 0 Å². The lowest BCUT2D eigenvalue weighted by atomic mass is 10.2. The molecule has 4 rings (SSSR count). The molecule has 3 unspecified atom stereocenters. The minimum atomic E-state index is -3.58. The van der Waals surface area contributed by atoms with Crippen LogP contribution < -0.4 is 4.90 Å². The van der Waals surface area contributed by atoms with Gasteiger partial charge in [0.15, 0.2) is 0 Å². The third kappa shape index (κ3) is 4.78. The molecule has 0 saturated carbocycles. The Morgan fingerprint density at radius 2 is 1.48 bits per heavy atom. The Hall–Kier alpha value is -2.05. The van der Waals surface area contributed by atoms with Gasteiger partial charge in [0.25, 0.3) is 16.1 Å². The number of amides is 3. The van der Waals surface area contributed by atoms with Gasteiger partial charge in [-0.15, -0.1) is 0 Å². The third-order valence-electron chi connectivity index (χ3n) is 6.47. The molecular weight excluding hydrogens is 446 g/mol. The standard InChI is InChI=1S/C22H33N5O5S/c1-16-5-7-20(8-6-16)27-19(4)21(28)26(22(27)29)15-23-9-11-24(12-10-23)33(30,31)25-13-17(2)32-18(3)14-25/h5-8,17-19H,9-15H2,1-4H3. The van der Waals surface area contributed by atoms with Crippen molar-refractivity contribution >= 4 is 27.8 Å². The Kier molecular flexibility index (Phi) is 6.79. The van der Waals surface area contributed by atoms with E-state index in [0.29, 0.717) is 45.0 Å². The first-order valence-corrected chi connectivity index (χ1v) is 12.8. The molecule has 1 aromatic carbocycles. The van der Waals surface area contributed by atoms with E-state index in [1.54, 1.807) is 6.92 Å². The largest absolute Gasteiger partial charge is 0.373 e. The van der Waals surface area contributed by atoms with Gasteiger partial charge in [-0.25, -0.2) is 9.69 Å². The highest BCUT2D eigenvalue weighted by atomic mass is 32.2. The molecule has 0 N–H and O–H groups in total. The van der Waals surface area contributed by atoms with Crippen LogP contribution in [0.2, 0.25) is 0 Å². The number of urea groups is 1. The minimum absolute atomic E-state index is 0.143. The molecule has 0 spiro atoms. The Bertz CT molecular complexity index is 983. The second-order valence-corrected chi connectivity index (χ2v) is 11.1. The molecule has 11 heteroatoms. The van der Waals surface area contributed by atoms with Crippen molar-refractivity contribution in [2.45, 2.75) is 45.9 Å². The van der Waals surface area contributed by atoms with Gasteiger partial charge in [0.05, 0.1) is 18.9 Å². The SMILES string of the molecule is Cc1ccc(N2C(=O)N(CN3CCN(S(=O)(=O)N4CC(C)OC(C)C4)CC3)C(=O)C2C)cc1. The number of ether oxygens (including phenoxy) is 1. The molecule has 182 valence electrons. The van der Waals surface area contributed by atoms with Crippen molar-refractivity contribution in [3.05, 3.63) is 29.8 Å². The summed E-state index contributed by atoms with van der Waals surface area (Å²) >= 11 is 0. The molecule has 1 aromatic rings. The highest BCUT2D eigenvalue weighted by Gasteiger charge is 2.44. The molecule has 3 atom stereocenters. The number of nitrogens with zero attached hydrogens (tertiary/aromatic N) is 5. The quantitative estimate of drug-likeness (QED) is 0.587. The van der Waals surface area contributed by atoms with Crippen LogP contribution in [0.4, 0.5) is 10.5 Å². The number of hydrogen-bond acceptors (Lipinski definition) is 6. The zero-order chi connectivity index (χ0) is 23.9. The van der Waals surface area contributed by atoms with Crippen LogP contribution in [0.3, 0.4) is 0 Å². The summed E-state index contributed by atoms with van der Waals surface area (Å²) in [5.41, 5.74) is 1.77. The molecule has 3 fully saturated rings. The topological polar surface area (TPSA) is 93.7 Å². The van der Waals surface area contributed by atoms with Crippen molar-refractivity contribution < 1.29 is 22.7 Å². The van der Waals surface area contributed by atoms with Crippen LogP contribution in [0.1, 0.15) is 26.3 Å². The summed E-state index contributed by atoms with van der Waals surface area (Å²) in [5.74, 6) is -0.244. The number of morpholine rings is 1. The number of aryl methyl sites for hydroxylation is 1. The predicted molar refractivity (Wildman–Crippen MR) is 124 cm³/mol. The number of piperazine rings is 1. The lowest BCUT2D eigenvalue weighted by molar-refractivity contribution is -0.128. The average molecular weight is 480 g/mol.